The topological polar surface area (TPSA) is 62.3 Å². The van der Waals surface area contributed by atoms with Crippen molar-refractivity contribution in [1.29, 1.82) is 0 Å². The third-order valence-electron chi connectivity index (χ3n) is 2.72. The molecule has 0 aliphatic heterocycles. The number of nitrogens with zero attached hydrogens (tertiary/aromatic N) is 2. The van der Waals surface area contributed by atoms with Gasteiger partial charge >= 0.3 is 0 Å². The van der Waals surface area contributed by atoms with Crippen LogP contribution in [0.2, 0.25) is 0 Å². The maximum Gasteiger partial charge on any atom is 0.272 e. The molecule has 0 spiro atoms. The molecule has 0 fully saturated rings. The van der Waals surface area contributed by atoms with Crippen molar-refractivity contribution in [2.24, 2.45) is 0 Å². The fourth-order valence-electron chi connectivity index (χ4n) is 1.74. The SMILES string of the molecule is CN(CC(=O)Nc1cccc(F)c1)C(=O)c1ccccn1. The molecular formula is C15H14FN3O2. The number of rotatable bonds is 4. The van der Waals surface area contributed by atoms with E-state index in [1.807, 2.05) is 0 Å². The van der Waals surface area contributed by atoms with Crippen LogP contribution < -0.4 is 5.32 Å². The van der Waals surface area contributed by atoms with Gasteiger partial charge in [-0.1, -0.05) is 12.1 Å². The fourth-order valence-corrected chi connectivity index (χ4v) is 1.74. The quantitative estimate of drug-likeness (QED) is 0.934. The standard InChI is InChI=1S/C15H14FN3O2/c1-19(15(21)13-7-2-3-8-17-13)10-14(20)18-12-6-4-5-11(16)9-12/h2-9H,10H2,1H3,(H,18,20). The van der Waals surface area contributed by atoms with Crippen LogP contribution in [-0.2, 0) is 4.79 Å². The van der Waals surface area contributed by atoms with E-state index in [2.05, 4.69) is 10.3 Å². The van der Waals surface area contributed by atoms with E-state index in [1.165, 1.54) is 36.3 Å². The van der Waals surface area contributed by atoms with Gasteiger partial charge < -0.3 is 10.2 Å². The number of nitrogens with one attached hydrogen (secondary N) is 1. The van der Waals surface area contributed by atoms with Crippen LogP contribution in [0, 0.1) is 5.82 Å². The second kappa shape index (κ2) is 6.60. The number of hydrogen-bond acceptors (Lipinski definition) is 3. The number of carbonyl (C=O) groups is 2. The predicted molar refractivity (Wildman–Crippen MR) is 76.2 cm³/mol. The number of pyridine rings is 1. The van der Waals surface area contributed by atoms with E-state index in [0.717, 1.165) is 0 Å². The summed E-state index contributed by atoms with van der Waals surface area (Å²) < 4.78 is 13.0. The number of benzene rings is 1. The minimum absolute atomic E-state index is 0.147. The Labute approximate surface area is 121 Å². The van der Waals surface area contributed by atoms with Gasteiger partial charge in [-0.2, -0.15) is 0 Å². The van der Waals surface area contributed by atoms with Crippen molar-refractivity contribution in [3.63, 3.8) is 0 Å². The number of halogens is 1. The number of carbonyl (C=O) groups excluding carboxylic acids is 2. The first-order valence-corrected chi connectivity index (χ1v) is 6.28. The zero-order chi connectivity index (χ0) is 15.2. The predicted octanol–water partition coefficient (Wildman–Crippen LogP) is 1.93. The lowest BCUT2D eigenvalue weighted by Crippen LogP contribution is -2.35. The molecule has 5 nitrogen and oxygen atoms in total. The molecule has 108 valence electrons. The van der Waals surface area contributed by atoms with E-state index in [4.69, 9.17) is 0 Å². The van der Waals surface area contributed by atoms with Crippen molar-refractivity contribution in [2.75, 3.05) is 18.9 Å². The Hall–Kier alpha value is -2.76. The van der Waals surface area contributed by atoms with Crippen molar-refractivity contribution < 1.29 is 14.0 Å². The molecule has 21 heavy (non-hydrogen) atoms. The number of likely N-dealkylation sites (N-methyl/N-ethyl adjacent to an activating group) is 1. The van der Waals surface area contributed by atoms with Gasteiger partial charge in [0.25, 0.3) is 5.91 Å². The molecule has 0 saturated carbocycles. The highest BCUT2D eigenvalue weighted by atomic mass is 19.1. The number of hydrogen-bond donors (Lipinski definition) is 1. The van der Waals surface area contributed by atoms with E-state index in [9.17, 15) is 14.0 Å². The van der Waals surface area contributed by atoms with E-state index >= 15 is 0 Å². The highest BCUT2D eigenvalue weighted by molar-refractivity contribution is 5.98. The molecule has 0 radical (unpaired) electrons. The molecule has 1 N–H and O–H groups in total. The van der Waals surface area contributed by atoms with Crippen LogP contribution in [0.25, 0.3) is 0 Å². The molecular weight excluding hydrogens is 273 g/mol. The van der Waals surface area contributed by atoms with Crippen LogP contribution in [0.1, 0.15) is 10.5 Å². The Balaban J connectivity index is 1.95. The maximum absolute atomic E-state index is 13.0. The van der Waals surface area contributed by atoms with Crippen LogP contribution in [0.15, 0.2) is 48.7 Å². The van der Waals surface area contributed by atoms with Crippen molar-refractivity contribution in [3.05, 3.63) is 60.2 Å². The minimum atomic E-state index is -0.439. The Morgan fingerprint density at radius 2 is 2.05 bits per heavy atom. The lowest BCUT2D eigenvalue weighted by Gasteiger charge is -2.16. The van der Waals surface area contributed by atoms with Crippen LogP contribution in [-0.4, -0.2) is 35.3 Å². The monoisotopic (exact) mass is 287 g/mol. The summed E-state index contributed by atoms with van der Waals surface area (Å²) in [7, 11) is 1.50. The normalized spacial score (nSPS) is 10.0. The molecule has 2 aromatic rings. The van der Waals surface area contributed by atoms with Gasteiger partial charge in [-0.25, -0.2) is 4.39 Å². The first-order valence-electron chi connectivity index (χ1n) is 6.28. The smallest absolute Gasteiger partial charge is 0.272 e. The van der Waals surface area contributed by atoms with E-state index in [0.29, 0.717) is 5.69 Å². The first-order chi connectivity index (χ1) is 10.1. The largest absolute Gasteiger partial charge is 0.331 e. The molecule has 1 aromatic carbocycles. The van der Waals surface area contributed by atoms with Crippen molar-refractivity contribution >= 4 is 17.5 Å². The van der Waals surface area contributed by atoms with Gasteiger partial charge in [0, 0.05) is 18.9 Å². The van der Waals surface area contributed by atoms with Gasteiger partial charge in [0.1, 0.15) is 11.5 Å². The molecule has 2 rings (SSSR count). The minimum Gasteiger partial charge on any atom is -0.331 e. The zero-order valence-electron chi connectivity index (χ0n) is 11.4. The van der Waals surface area contributed by atoms with E-state index < -0.39 is 11.7 Å². The Morgan fingerprint density at radius 3 is 2.71 bits per heavy atom. The third-order valence-corrected chi connectivity index (χ3v) is 2.72. The lowest BCUT2D eigenvalue weighted by molar-refractivity contribution is -0.116. The molecule has 2 amide bonds. The molecule has 0 unspecified atom stereocenters. The summed E-state index contributed by atoms with van der Waals surface area (Å²) in [6, 6.07) is 10.5. The molecule has 0 bridgehead atoms. The third kappa shape index (κ3) is 4.10. The molecule has 1 aromatic heterocycles. The highest BCUT2D eigenvalue weighted by Gasteiger charge is 2.15. The zero-order valence-corrected chi connectivity index (χ0v) is 11.4. The average molecular weight is 287 g/mol. The molecule has 0 saturated heterocycles. The van der Waals surface area contributed by atoms with Crippen LogP contribution >= 0.6 is 0 Å². The first kappa shape index (κ1) is 14.6. The van der Waals surface area contributed by atoms with E-state index in [-0.39, 0.29) is 18.1 Å². The van der Waals surface area contributed by atoms with Gasteiger partial charge in [0.05, 0.1) is 6.54 Å². The van der Waals surface area contributed by atoms with Crippen LogP contribution in [0.4, 0.5) is 10.1 Å². The van der Waals surface area contributed by atoms with Gasteiger partial charge in [-0.05, 0) is 30.3 Å². The number of anilines is 1. The second-order valence-electron chi connectivity index (χ2n) is 4.43. The number of aromatic nitrogens is 1. The summed E-state index contributed by atoms with van der Waals surface area (Å²) in [5, 5.41) is 2.53. The summed E-state index contributed by atoms with van der Waals surface area (Å²) >= 11 is 0. The Morgan fingerprint density at radius 1 is 1.24 bits per heavy atom. The second-order valence-corrected chi connectivity index (χ2v) is 4.43. The number of amides is 2. The average Bonchev–Trinajstić information content (AvgIpc) is 2.47. The molecule has 6 heteroatoms. The molecule has 0 aliphatic rings. The van der Waals surface area contributed by atoms with E-state index in [1.54, 1.807) is 24.3 Å². The van der Waals surface area contributed by atoms with Crippen molar-refractivity contribution in [1.82, 2.24) is 9.88 Å². The lowest BCUT2D eigenvalue weighted by atomic mass is 10.3. The fraction of sp³-hybridized carbons (Fsp3) is 0.133. The maximum atomic E-state index is 13.0. The van der Waals surface area contributed by atoms with Crippen LogP contribution in [0.3, 0.4) is 0 Å². The summed E-state index contributed by atoms with van der Waals surface area (Å²) in [6.07, 6.45) is 1.51. The van der Waals surface area contributed by atoms with Gasteiger partial charge in [0.15, 0.2) is 0 Å². The summed E-state index contributed by atoms with van der Waals surface area (Å²) in [5.41, 5.74) is 0.609. The summed E-state index contributed by atoms with van der Waals surface area (Å²) in [6.45, 7) is -0.147. The highest BCUT2D eigenvalue weighted by Crippen LogP contribution is 2.09. The van der Waals surface area contributed by atoms with Crippen LogP contribution in [0.5, 0.6) is 0 Å². The summed E-state index contributed by atoms with van der Waals surface area (Å²) in [4.78, 5) is 29.0. The van der Waals surface area contributed by atoms with Gasteiger partial charge in [-0.3, -0.25) is 14.6 Å². The van der Waals surface area contributed by atoms with Gasteiger partial charge in [0.2, 0.25) is 5.91 Å². The summed E-state index contributed by atoms with van der Waals surface area (Å²) in [5.74, 6) is -1.21. The van der Waals surface area contributed by atoms with Crippen molar-refractivity contribution in [2.45, 2.75) is 0 Å². The Kier molecular flexibility index (Phi) is 4.61. The van der Waals surface area contributed by atoms with Gasteiger partial charge in [-0.15, -0.1) is 0 Å². The molecule has 0 atom stereocenters. The molecule has 0 aliphatic carbocycles. The van der Waals surface area contributed by atoms with Crippen molar-refractivity contribution in [3.8, 4) is 0 Å². The Bertz CT molecular complexity index is 646. The molecule has 1 heterocycles.